The van der Waals surface area contributed by atoms with Crippen LogP contribution < -0.4 is 16.6 Å². The number of hydrogen-bond donors (Lipinski definition) is 3. The highest BCUT2D eigenvalue weighted by molar-refractivity contribution is 3.82. The van der Waals surface area contributed by atoms with Gasteiger partial charge in [0.05, 0.1) is 9.86 Å². The SMILES string of the molecule is CN[N+](C)(OC)O[NH+](N)[O-]. The normalized spacial score (nSPS) is 20.1. The Bertz CT molecular complexity index is 93.7. The molecular formula is C3H13N4O3+. The molecule has 0 aliphatic rings. The molecule has 0 aliphatic carbocycles. The van der Waals surface area contributed by atoms with Crippen molar-refractivity contribution in [2.24, 2.45) is 5.84 Å². The van der Waals surface area contributed by atoms with Gasteiger partial charge in [-0.15, -0.1) is 10.7 Å². The van der Waals surface area contributed by atoms with Gasteiger partial charge in [0.1, 0.15) is 7.11 Å². The molecule has 0 aliphatic heterocycles. The third kappa shape index (κ3) is 3.03. The van der Waals surface area contributed by atoms with E-state index in [0.717, 1.165) is 0 Å². The molecule has 0 aromatic rings. The molecule has 0 saturated heterocycles. The number of rotatable bonds is 4. The minimum absolute atomic E-state index is 0.505. The van der Waals surface area contributed by atoms with Crippen LogP contribution in [0.4, 0.5) is 0 Å². The van der Waals surface area contributed by atoms with Gasteiger partial charge in [0.25, 0.3) is 0 Å². The van der Waals surface area contributed by atoms with Crippen molar-refractivity contribution in [1.82, 2.24) is 5.43 Å². The van der Waals surface area contributed by atoms with Gasteiger partial charge in [-0.3, -0.25) is 0 Å². The molecule has 7 nitrogen and oxygen atoms in total. The summed E-state index contributed by atoms with van der Waals surface area (Å²) in [6.45, 7) is 0. The first-order chi connectivity index (χ1) is 4.54. The maximum Gasteiger partial charge on any atom is 0.159 e. The Morgan fingerprint density at radius 3 is 2.30 bits per heavy atom. The summed E-state index contributed by atoms with van der Waals surface area (Å²) in [6.07, 6.45) is 0. The fraction of sp³-hybridized carbons (Fsp3) is 1.00. The van der Waals surface area contributed by atoms with Crippen molar-refractivity contribution in [1.29, 1.82) is 0 Å². The molecule has 0 heterocycles. The zero-order chi connectivity index (χ0) is 8.20. The van der Waals surface area contributed by atoms with Crippen LogP contribution >= 0.6 is 0 Å². The van der Waals surface area contributed by atoms with E-state index in [1.165, 1.54) is 14.2 Å². The van der Waals surface area contributed by atoms with Crippen LogP contribution in [0.15, 0.2) is 0 Å². The number of nitrogens with two attached hydrogens (primary N) is 1. The Balaban J connectivity index is 3.80. The number of hydrogen-bond acceptors (Lipinski definition) is 5. The third-order valence-corrected chi connectivity index (χ3v) is 1.02. The van der Waals surface area contributed by atoms with Crippen LogP contribution in [0.3, 0.4) is 0 Å². The van der Waals surface area contributed by atoms with Crippen LogP contribution in [0.25, 0.3) is 0 Å². The van der Waals surface area contributed by atoms with Crippen molar-refractivity contribution in [2.45, 2.75) is 0 Å². The van der Waals surface area contributed by atoms with Crippen molar-refractivity contribution in [2.75, 3.05) is 21.2 Å². The number of nitrogens with one attached hydrogen (secondary N) is 2. The van der Waals surface area contributed by atoms with Crippen molar-refractivity contribution in [3.8, 4) is 0 Å². The smallest absolute Gasteiger partial charge is 0.159 e. The molecule has 0 rings (SSSR count). The second-order valence-electron chi connectivity index (χ2n) is 1.66. The van der Waals surface area contributed by atoms with Gasteiger partial charge in [0, 0.05) is 7.05 Å². The van der Waals surface area contributed by atoms with Gasteiger partial charge >= 0.3 is 0 Å². The van der Waals surface area contributed by atoms with E-state index in [9.17, 15) is 5.21 Å². The topological polar surface area (TPSA) is 84.0 Å². The standard InChI is InChI=1S/C3H13N4O3/c1-5-7(2,9-3)10-6(4)8/h5-6H,4H2,1-3H3/q+1. The summed E-state index contributed by atoms with van der Waals surface area (Å²) in [6, 6.07) is 0. The van der Waals surface area contributed by atoms with Crippen LogP contribution in [0, 0.1) is 5.21 Å². The van der Waals surface area contributed by atoms with Gasteiger partial charge in [-0.25, -0.2) is 0 Å². The second-order valence-corrected chi connectivity index (χ2v) is 1.66. The van der Waals surface area contributed by atoms with Gasteiger partial charge in [-0.2, -0.15) is 0 Å². The molecule has 0 aromatic heterocycles. The summed E-state index contributed by atoms with van der Waals surface area (Å²) in [4.78, 5) is 8.68. The maximum absolute atomic E-state index is 10.2. The zero-order valence-corrected chi connectivity index (χ0v) is 6.25. The van der Waals surface area contributed by atoms with E-state index in [0.29, 0.717) is 0 Å². The molecule has 0 saturated carbocycles. The van der Waals surface area contributed by atoms with Crippen molar-refractivity contribution in [3.63, 3.8) is 0 Å². The quantitative estimate of drug-likeness (QED) is 0.231. The summed E-state index contributed by atoms with van der Waals surface area (Å²) in [5.74, 6) is 4.73. The first kappa shape index (κ1) is 9.72. The van der Waals surface area contributed by atoms with E-state index in [1.54, 1.807) is 7.05 Å². The predicted molar refractivity (Wildman–Crippen MR) is 31.9 cm³/mol. The van der Waals surface area contributed by atoms with Gasteiger partial charge in [0.2, 0.25) is 0 Å². The van der Waals surface area contributed by atoms with Gasteiger partial charge in [-0.1, -0.05) is 10.8 Å². The lowest BCUT2D eigenvalue weighted by atomic mass is 11.3. The summed E-state index contributed by atoms with van der Waals surface area (Å²) < 4.78 is 0. The average molecular weight is 153 g/mol. The Morgan fingerprint density at radius 2 is 2.20 bits per heavy atom. The number of nitrogens with zero attached hydrogens (tertiary/aromatic N) is 1. The predicted octanol–water partition coefficient (Wildman–Crippen LogP) is -2.77. The van der Waals surface area contributed by atoms with Crippen LogP contribution in [0.2, 0.25) is 0 Å². The molecule has 0 bridgehead atoms. The van der Waals surface area contributed by atoms with Crippen LogP contribution in [-0.4, -0.2) is 26.1 Å². The van der Waals surface area contributed by atoms with E-state index >= 15 is 0 Å². The lowest BCUT2D eigenvalue weighted by Crippen LogP contribution is -3.14. The lowest BCUT2D eigenvalue weighted by molar-refractivity contribution is -1.42. The molecular weight excluding hydrogens is 140 g/mol. The molecule has 7 heteroatoms. The Labute approximate surface area is 58.9 Å². The fourth-order valence-corrected chi connectivity index (χ4v) is 0.346. The highest BCUT2D eigenvalue weighted by Gasteiger charge is 2.26. The van der Waals surface area contributed by atoms with E-state index < -0.39 is 10.3 Å². The van der Waals surface area contributed by atoms with Gasteiger partial charge in [-0.05, 0) is 0 Å². The largest absolute Gasteiger partial charge is 0.575 e. The molecule has 4 N–H and O–H groups in total. The van der Waals surface area contributed by atoms with E-state index in [-0.39, 0.29) is 0 Å². The first-order valence-electron chi connectivity index (χ1n) is 2.64. The molecule has 0 fully saturated rings. The fourth-order valence-electron chi connectivity index (χ4n) is 0.346. The Morgan fingerprint density at radius 1 is 1.70 bits per heavy atom. The third-order valence-electron chi connectivity index (χ3n) is 1.02. The monoisotopic (exact) mass is 153 g/mol. The Kier molecular flexibility index (Phi) is 3.68. The molecule has 0 aromatic carbocycles. The minimum atomic E-state index is -0.904. The van der Waals surface area contributed by atoms with Crippen molar-refractivity contribution < 1.29 is 20.0 Å². The molecule has 10 heavy (non-hydrogen) atoms. The lowest BCUT2D eigenvalue weighted by Gasteiger charge is -2.24. The molecule has 2 atom stereocenters. The summed E-state index contributed by atoms with van der Waals surface area (Å²) in [5.41, 5.74) is 2.55. The van der Waals surface area contributed by atoms with Crippen molar-refractivity contribution >= 4 is 0 Å². The zero-order valence-electron chi connectivity index (χ0n) is 6.25. The molecule has 0 spiro atoms. The number of hydroxylamine groups is 2. The average Bonchev–Trinajstić information content (AvgIpc) is 1.87. The summed E-state index contributed by atoms with van der Waals surface area (Å²) >= 11 is 0. The van der Waals surface area contributed by atoms with Gasteiger partial charge in [0.15, 0.2) is 7.05 Å². The van der Waals surface area contributed by atoms with Crippen LogP contribution in [0.1, 0.15) is 0 Å². The summed E-state index contributed by atoms with van der Waals surface area (Å²) in [7, 11) is 4.41. The molecule has 62 valence electrons. The minimum Gasteiger partial charge on any atom is -0.575 e. The number of quaternary nitrogens is 2. The summed E-state index contributed by atoms with van der Waals surface area (Å²) in [5, 5.41) is 9.29. The highest BCUT2D eigenvalue weighted by Crippen LogP contribution is 1.90. The van der Waals surface area contributed by atoms with E-state index in [4.69, 9.17) is 10.7 Å². The molecule has 0 amide bonds. The molecule has 2 unspecified atom stereocenters. The second kappa shape index (κ2) is 3.78. The molecule has 0 radical (unpaired) electrons. The van der Waals surface area contributed by atoms with Gasteiger partial charge < -0.3 is 5.21 Å². The van der Waals surface area contributed by atoms with E-state index in [2.05, 4.69) is 10.4 Å². The van der Waals surface area contributed by atoms with Crippen LogP contribution in [-0.2, 0) is 9.78 Å². The first-order valence-corrected chi connectivity index (χ1v) is 2.64. The maximum atomic E-state index is 10.2. The van der Waals surface area contributed by atoms with E-state index in [1.807, 2.05) is 0 Å². The van der Waals surface area contributed by atoms with Crippen LogP contribution in [0.5, 0.6) is 0 Å². The highest BCUT2D eigenvalue weighted by atomic mass is 17.2. The van der Waals surface area contributed by atoms with Crippen molar-refractivity contribution in [3.05, 3.63) is 5.21 Å². The Hall–Kier alpha value is -0.280.